The van der Waals surface area contributed by atoms with E-state index in [-0.39, 0.29) is 29.4 Å². The van der Waals surface area contributed by atoms with Crippen molar-refractivity contribution in [2.45, 2.75) is 19.4 Å². The van der Waals surface area contributed by atoms with Crippen LogP contribution in [0.15, 0.2) is 18.2 Å². The highest BCUT2D eigenvalue weighted by atomic mass is 35.5. The highest BCUT2D eigenvalue weighted by molar-refractivity contribution is 6.27. The average molecular weight is 287 g/mol. The van der Waals surface area contributed by atoms with Crippen molar-refractivity contribution >= 4 is 23.4 Å². The number of carboxylic acid groups (broad SMARTS) is 1. The molecule has 1 aromatic rings. The van der Waals surface area contributed by atoms with Gasteiger partial charge in [0, 0.05) is 12.0 Å². The molecule has 6 heteroatoms. The third-order valence-electron chi connectivity index (χ3n) is 2.50. The number of halogens is 1. The van der Waals surface area contributed by atoms with E-state index in [1.807, 2.05) is 0 Å². The van der Waals surface area contributed by atoms with Gasteiger partial charge < -0.3 is 14.9 Å². The summed E-state index contributed by atoms with van der Waals surface area (Å²) in [6.07, 6.45) is -1.77. The summed E-state index contributed by atoms with van der Waals surface area (Å²) in [4.78, 5) is 22.3. The molecule has 0 aliphatic heterocycles. The zero-order valence-electron chi connectivity index (χ0n) is 10.4. The molecular weight excluding hydrogens is 272 g/mol. The van der Waals surface area contributed by atoms with E-state index in [0.717, 1.165) is 0 Å². The Bertz CT molecular complexity index is 472. The summed E-state index contributed by atoms with van der Waals surface area (Å²) in [5.74, 6) is -1.56. The smallest absolute Gasteiger partial charge is 0.337 e. The lowest BCUT2D eigenvalue weighted by atomic mass is 9.97. The van der Waals surface area contributed by atoms with E-state index < -0.39 is 12.1 Å². The second-order valence-electron chi connectivity index (χ2n) is 3.85. The largest absolute Gasteiger partial charge is 0.493 e. The number of carbonyl (C=O) groups is 2. The number of hydrogen-bond acceptors (Lipinski definition) is 4. The molecule has 0 bridgehead atoms. The van der Waals surface area contributed by atoms with E-state index in [2.05, 4.69) is 0 Å². The zero-order valence-corrected chi connectivity index (χ0v) is 11.2. The third-order valence-corrected chi connectivity index (χ3v) is 2.80. The van der Waals surface area contributed by atoms with Gasteiger partial charge >= 0.3 is 5.97 Å². The number of benzene rings is 1. The Morgan fingerprint density at radius 1 is 1.42 bits per heavy atom. The number of carbonyl (C=O) groups excluding carboxylic acids is 1. The maximum absolute atomic E-state index is 11.4. The number of aliphatic hydroxyl groups is 1. The fraction of sp³-hybridized carbons (Fsp3) is 0.385. The fourth-order valence-electron chi connectivity index (χ4n) is 1.72. The highest BCUT2D eigenvalue weighted by Crippen LogP contribution is 2.30. The molecule has 0 heterocycles. The van der Waals surface area contributed by atoms with Crippen LogP contribution >= 0.6 is 11.6 Å². The molecule has 1 aromatic carbocycles. The minimum absolute atomic E-state index is 0.0376. The standard InChI is InChI=1S/C13H15ClO5/c1-2-19-10-5-3-4-8(6-9(15)7-14)11(10)12(16)13(17)18/h3-5,12,16H,2,6-7H2,1H3,(H,17,18). The van der Waals surface area contributed by atoms with E-state index in [9.17, 15) is 14.7 Å². The van der Waals surface area contributed by atoms with Crippen LogP contribution in [0, 0.1) is 0 Å². The van der Waals surface area contributed by atoms with Crippen LogP contribution in [0.25, 0.3) is 0 Å². The van der Waals surface area contributed by atoms with E-state index in [1.54, 1.807) is 25.1 Å². The van der Waals surface area contributed by atoms with Crippen molar-refractivity contribution in [3.05, 3.63) is 29.3 Å². The van der Waals surface area contributed by atoms with Crippen molar-refractivity contribution in [3.63, 3.8) is 0 Å². The maximum Gasteiger partial charge on any atom is 0.337 e. The van der Waals surface area contributed by atoms with Gasteiger partial charge in [-0.2, -0.15) is 0 Å². The van der Waals surface area contributed by atoms with Crippen LogP contribution in [0.4, 0.5) is 0 Å². The van der Waals surface area contributed by atoms with Crippen molar-refractivity contribution in [1.29, 1.82) is 0 Å². The molecule has 0 aliphatic carbocycles. The number of ether oxygens (including phenoxy) is 1. The summed E-state index contributed by atoms with van der Waals surface area (Å²) in [6.45, 7) is 2.07. The first-order chi connectivity index (χ1) is 9.01. The van der Waals surface area contributed by atoms with Crippen LogP contribution in [0.2, 0.25) is 0 Å². The number of hydrogen-bond donors (Lipinski definition) is 2. The van der Waals surface area contributed by atoms with E-state index in [4.69, 9.17) is 21.4 Å². The van der Waals surface area contributed by atoms with Crippen LogP contribution in [-0.2, 0) is 16.0 Å². The first kappa shape index (κ1) is 15.5. The molecule has 5 nitrogen and oxygen atoms in total. The van der Waals surface area contributed by atoms with Crippen molar-refractivity contribution in [2.75, 3.05) is 12.5 Å². The molecule has 0 saturated carbocycles. The second-order valence-corrected chi connectivity index (χ2v) is 4.12. The summed E-state index contributed by atoms with van der Waals surface area (Å²) < 4.78 is 5.30. The van der Waals surface area contributed by atoms with Gasteiger partial charge in [0.05, 0.1) is 12.5 Å². The predicted octanol–water partition coefficient (Wildman–Crippen LogP) is 1.55. The van der Waals surface area contributed by atoms with Crippen molar-refractivity contribution in [3.8, 4) is 5.75 Å². The minimum Gasteiger partial charge on any atom is -0.493 e. The quantitative estimate of drug-likeness (QED) is 0.743. The van der Waals surface area contributed by atoms with E-state index >= 15 is 0 Å². The number of ketones is 1. The Morgan fingerprint density at radius 3 is 2.63 bits per heavy atom. The molecule has 0 spiro atoms. The van der Waals surface area contributed by atoms with E-state index in [1.165, 1.54) is 0 Å². The number of Topliss-reactive ketones (excluding diaryl/α,β-unsaturated/α-hetero) is 1. The summed E-state index contributed by atoms with van der Waals surface area (Å²) in [6, 6.07) is 4.77. The van der Waals surface area contributed by atoms with Gasteiger partial charge in [0.1, 0.15) is 5.75 Å². The van der Waals surface area contributed by atoms with Gasteiger partial charge in [0.25, 0.3) is 0 Å². The van der Waals surface area contributed by atoms with Gasteiger partial charge in [0.15, 0.2) is 11.9 Å². The zero-order chi connectivity index (χ0) is 14.4. The Labute approximate surface area is 115 Å². The predicted molar refractivity (Wildman–Crippen MR) is 69.6 cm³/mol. The molecule has 1 unspecified atom stereocenters. The highest BCUT2D eigenvalue weighted by Gasteiger charge is 2.24. The van der Waals surface area contributed by atoms with Gasteiger partial charge in [-0.05, 0) is 18.6 Å². The topological polar surface area (TPSA) is 83.8 Å². The van der Waals surface area contributed by atoms with Crippen molar-refractivity contribution in [1.82, 2.24) is 0 Å². The molecule has 0 aliphatic rings. The molecule has 0 amide bonds. The van der Waals surface area contributed by atoms with Crippen LogP contribution < -0.4 is 4.74 Å². The number of alkyl halides is 1. The van der Waals surface area contributed by atoms with Crippen LogP contribution in [-0.4, -0.2) is 34.5 Å². The first-order valence-electron chi connectivity index (χ1n) is 5.74. The number of rotatable bonds is 7. The van der Waals surface area contributed by atoms with Gasteiger partial charge in [0.2, 0.25) is 0 Å². The molecule has 19 heavy (non-hydrogen) atoms. The molecule has 1 atom stereocenters. The van der Waals surface area contributed by atoms with Crippen LogP contribution in [0.3, 0.4) is 0 Å². The molecule has 104 valence electrons. The van der Waals surface area contributed by atoms with Gasteiger partial charge in [-0.25, -0.2) is 4.79 Å². The molecule has 0 radical (unpaired) electrons. The van der Waals surface area contributed by atoms with Crippen molar-refractivity contribution in [2.24, 2.45) is 0 Å². The lowest BCUT2D eigenvalue weighted by molar-refractivity contribution is -0.147. The summed E-state index contributed by atoms with van der Waals surface area (Å²) in [7, 11) is 0. The Morgan fingerprint density at radius 2 is 2.11 bits per heavy atom. The lowest BCUT2D eigenvalue weighted by Crippen LogP contribution is -2.16. The van der Waals surface area contributed by atoms with E-state index in [0.29, 0.717) is 12.2 Å². The molecule has 1 rings (SSSR count). The number of aliphatic hydroxyl groups excluding tert-OH is 1. The van der Waals surface area contributed by atoms with Crippen LogP contribution in [0.5, 0.6) is 5.75 Å². The van der Waals surface area contributed by atoms with Crippen LogP contribution in [0.1, 0.15) is 24.2 Å². The minimum atomic E-state index is -1.74. The third kappa shape index (κ3) is 3.94. The number of aliphatic carboxylic acids is 1. The first-order valence-corrected chi connectivity index (χ1v) is 6.27. The SMILES string of the molecule is CCOc1cccc(CC(=O)CCl)c1C(O)C(=O)O. The summed E-state index contributed by atoms with van der Waals surface area (Å²) in [5, 5.41) is 18.7. The average Bonchev–Trinajstić information content (AvgIpc) is 2.38. The van der Waals surface area contributed by atoms with Crippen molar-refractivity contribution < 1.29 is 24.5 Å². The molecule has 2 N–H and O–H groups in total. The molecule has 0 fully saturated rings. The number of carboxylic acids is 1. The fourth-order valence-corrected chi connectivity index (χ4v) is 1.81. The van der Waals surface area contributed by atoms with Gasteiger partial charge in [-0.15, -0.1) is 11.6 Å². The monoisotopic (exact) mass is 286 g/mol. The maximum atomic E-state index is 11.4. The Kier molecular flexibility index (Phi) is 5.79. The molecule has 0 aromatic heterocycles. The summed E-state index contributed by atoms with van der Waals surface area (Å²) in [5.41, 5.74) is 0.516. The second kappa shape index (κ2) is 7.11. The normalized spacial score (nSPS) is 11.9. The molecule has 0 saturated heterocycles. The Hall–Kier alpha value is -1.59. The summed E-state index contributed by atoms with van der Waals surface area (Å²) >= 11 is 5.44. The van der Waals surface area contributed by atoms with Gasteiger partial charge in [-0.3, -0.25) is 4.79 Å². The Balaban J connectivity index is 3.24. The van der Waals surface area contributed by atoms with Gasteiger partial charge in [-0.1, -0.05) is 12.1 Å². The lowest BCUT2D eigenvalue weighted by Gasteiger charge is -2.16. The molecular formula is C13H15ClO5.